The molecule has 0 amide bonds. The minimum absolute atomic E-state index is 0.182. The summed E-state index contributed by atoms with van der Waals surface area (Å²) in [5.74, 6) is 1.82. The quantitative estimate of drug-likeness (QED) is 0.829. The lowest BCUT2D eigenvalue weighted by atomic mass is 9.97. The SMILES string of the molecule is CC(C)(C)c1nc(CN2CCN(c3ccc(C(F)(F)F)cn3)CC2)no1. The molecular weight excluding hydrogens is 347 g/mol. The van der Waals surface area contributed by atoms with E-state index < -0.39 is 11.7 Å². The second kappa shape index (κ2) is 6.86. The van der Waals surface area contributed by atoms with E-state index in [9.17, 15) is 13.2 Å². The molecule has 0 atom stereocenters. The Kier molecular flexibility index (Phi) is 4.92. The first-order valence-electron chi connectivity index (χ1n) is 8.46. The lowest BCUT2D eigenvalue weighted by Gasteiger charge is -2.34. The number of anilines is 1. The normalized spacial score (nSPS) is 16.9. The van der Waals surface area contributed by atoms with E-state index in [1.54, 1.807) is 0 Å². The Hall–Kier alpha value is -2.16. The van der Waals surface area contributed by atoms with Crippen LogP contribution >= 0.6 is 0 Å². The van der Waals surface area contributed by atoms with Gasteiger partial charge in [0, 0.05) is 37.8 Å². The third kappa shape index (κ3) is 4.32. The average Bonchev–Trinajstić information content (AvgIpc) is 3.04. The fraction of sp³-hybridized carbons (Fsp3) is 0.588. The molecule has 0 N–H and O–H groups in total. The van der Waals surface area contributed by atoms with E-state index in [4.69, 9.17) is 4.52 Å². The average molecular weight is 369 g/mol. The van der Waals surface area contributed by atoms with Crippen LogP contribution in [0.5, 0.6) is 0 Å². The number of alkyl halides is 3. The summed E-state index contributed by atoms with van der Waals surface area (Å²) in [6.45, 7) is 9.50. The van der Waals surface area contributed by atoms with Crippen molar-refractivity contribution >= 4 is 5.82 Å². The Labute approximate surface area is 150 Å². The molecule has 0 aliphatic carbocycles. The summed E-state index contributed by atoms with van der Waals surface area (Å²) in [7, 11) is 0. The maximum Gasteiger partial charge on any atom is 0.417 e. The molecule has 0 spiro atoms. The molecule has 9 heteroatoms. The minimum atomic E-state index is -4.36. The van der Waals surface area contributed by atoms with Gasteiger partial charge in [-0.1, -0.05) is 25.9 Å². The number of piperazine rings is 1. The van der Waals surface area contributed by atoms with Crippen molar-refractivity contribution in [1.29, 1.82) is 0 Å². The first-order valence-corrected chi connectivity index (χ1v) is 8.46. The summed E-state index contributed by atoms with van der Waals surface area (Å²) in [5.41, 5.74) is -0.912. The minimum Gasteiger partial charge on any atom is -0.354 e. The molecule has 2 aromatic heterocycles. The molecule has 26 heavy (non-hydrogen) atoms. The molecule has 0 bridgehead atoms. The van der Waals surface area contributed by atoms with Gasteiger partial charge < -0.3 is 9.42 Å². The zero-order valence-corrected chi connectivity index (χ0v) is 15.0. The zero-order chi connectivity index (χ0) is 18.9. The Balaban J connectivity index is 1.55. The highest BCUT2D eigenvalue weighted by Gasteiger charge is 2.31. The molecule has 3 heterocycles. The summed E-state index contributed by atoms with van der Waals surface area (Å²) in [5, 5.41) is 4.03. The molecule has 2 aromatic rings. The molecule has 0 saturated carbocycles. The number of nitrogens with zero attached hydrogens (tertiary/aromatic N) is 5. The van der Waals surface area contributed by atoms with Crippen LogP contribution in [-0.2, 0) is 18.1 Å². The molecule has 6 nitrogen and oxygen atoms in total. The van der Waals surface area contributed by atoms with Gasteiger partial charge in [0.25, 0.3) is 0 Å². The van der Waals surface area contributed by atoms with Crippen molar-refractivity contribution in [3.05, 3.63) is 35.6 Å². The third-order valence-electron chi connectivity index (χ3n) is 4.25. The van der Waals surface area contributed by atoms with E-state index in [1.807, 2.05) is 25.7 Å². The molecule has 1 saturated heterocycles. The number of halogens is 3. The first kappa shape index (κ1) is 18.6. The van der Waals surface area contributed by atoms with E-state index >= 15 is 0 Å². The van der Waals surface area contributed by atoms with Gasteiger partial charge in [-0.05, 0) is 12.1 Å². The smallest absolute Gasteiger partial charge is 0.354 e. The van der Waals surface area contributed by atoms with Crippen molar-refractivity contribution in [2.45, 2.75) is 38.9 Å². The monoisotopic (exact) mass is 369 g/mol. The van der Waals surface area contributed by atoms with Crippen LogP contribution in [0.2, 0.25) is 0 Å². The van der Waals surface area contributed by atoms with Crippen molar-refractivity contribution in [3.8, 4) is 0 Å². The van der Waals surface area contributed by atoms with Crippen molar-refractivity contribution in [1.82, 2.24) is 20.0 Å². The third-order valence-corrected chi connectivity index (χ3v) is 4.25. The highest BCUT2D eigenvalue weighted by Crippen LogP contribution is 2.29. The van der Waals surface area contributed by atoms with Crippen LogP contribution in [-0.4, -0.2) is 46.2 Å². The standard InChI is InChI=1S/C17H22F3N5O/c1-16(2,3)15-22-13(23-26-15)11-24-6-8-25(9-7-24)14-5-4-12(10-21-14)17(18,19)20/h4-5,10H,6-9,11H2,1-3H3. The molecule has 0 unspecified atom stereocenters. The largest absolute Gasteiger partial charge is 0.417 e. The molecule has 0 radical (unpaired) electrons. The Morgan fingerprint density at radius 3 is 2.27 bits per heavy atom. The van der Waals surface area contributed by atoms with Gasteiger partial charge in [-0.3, -0.25) is 4.90 Å². The van der Waals surface area contributed by atoms with Crippen LogP contribution in [0.4, 0.5) is 19.0 Å². The van der Waals surface area contributed by atoms with E-state index in [1.165, 1.54) is 6.07 Å². The van der Waals surface area contributed by atoms with Gasteiger partial charge in [0.1, 0.15) is 5.82 Å². The highest BCUT2D eigenvalue weighted by molar-refractivity contribution is 5.40. The number of pyridine rings is 1. The highest BCUT2D eigenvalue weighted by atomic mass is 19.4. The van der Waals surface area contributed by atoms with Crippen molar-refractivity contribution in [3.63, 3.8) is 0 Å². The predicted molar refractivity (Wildman–Crippen MR) is 89.7 cm³/mol. The first-order chi connectivity index (χ1) is 12.1. The fourth-order valence-electron chi connectivity index (χ4n) is 2.70. The van der Waals surface area contributed by atoms with E-state index in [2.05, 4.69) is 20.0 Å². The molecule has 142 valence electrons. The van der Waals surface area contributed by atoms with Gasteiger partial charge in [-0.15, -0.1) is 0 Å². The Bertz CT molecular complexity index is 728. The van der Waals surface area contributed by atoms with E-state index in [-0.39, 0.29) is 5.41 Å². The molecule has 0 aromatic carbocycles. The van der Waals surface area contributed by atoms with Crippen LogP contribution in [0.15, 0.2) is 22.9 Å². The molecule has 1 aliphatic heterocycles. The zero-order valence-electron chi connectivity index (χ0n) is 15.0. The van der Waals surface area contributed by atoms with Crippen molar-refractivity contribution in [2.75, 3.05) is 31.1 Å². The summed E-state index contributed by atoms with van der Waals surface area (Å²) >= 11 is 0. The molecular formula is C17H22F3N5O. The predicted octanol–water partition coefficient (Wildman–Crippen LogP) is 3.10. The number of rotatable bonds is 3. The van der Waals surface area contributed by atoms with Gasteiger partial charge >= 0.3 is 6.18 Å². The summed E-state index contributed by atoms with van der Waals surface area (Å²) in [4.78, 5) is 12.6. The topological polar surface area (TPSA) is 58.3 Å². The maximum atomic E-state index is 12.6. The molecule has 1 fully saturated rings. The van der Waals surface area contributed by atoms with E-state index in [0.29, 0.717) is 37.2 Å². The van der Waals surface area contributed by atoms with Gasteiger partial charge in [0.15, 0.2) is 5.82 Å². The summed E-state index contributed by atoms with van der Waals surface area (Å²) in [6.07, 6.45) is -3.48. The van der Waals surface area contributed by atoms with Gasteiger partial charge in [0.2, 0.25) is 5.89 Å². The molecule has 3 rings (SSSR count). The lowest BCUT2D eigenvalue weighted by molar-refractivity contribution is -0.137. The maximum absolute atomic E-state index is 12.6. The Morgan fingerprint density at radius 2 is 1.77 bits per heavy atom. The van der Waals surface area contributed by atoms with Crippen molar-refractivity contribution in [2.24, 2.45) is 0 Å². The number of aromatic nitrogens is 3. The van der Waals surface area contributed by atoms with Gasteiger partial charge in [-0.2, -0.15) is 18.2 Å². The van der Waals surface area contributed by atoms with Gasteiger partial charge in [0.05, 0.1) is 12.1 Å². The van der Waals surface area contributed by atoms with Crippen LogP contribution < -0.4 is 4.90 Å². The lowest BCUT2D eigenvalue weighted by Crippen LogP contribution is -2.46. The molecule has 1 aliphatic rings. The summed E-state index contributed by atoms with van der Waals surface area (Å²) in [6, 6.07) is 2.50. The second-order valence-electron chi connectivity index (χ2n) is 7.43. The van der Waals surface area contributed by atoms with Crippen LogP contribution in [0.3, 0.4) is 0 Å². The van der Waals surface area contributed by atoms with Crippen LogP contribution in [0.1, 0.15) is 38.0 Å². The van der Waals surface area contributed by atoms with Crippen LogP contribution in [0.25, 0.3) is 0 Å². The van der Waals surface area contributed by atoms with Crippen LogP contribution in [0, 0.1) is 0 Å². The summed E-state index contributed by atoms with van der Waals surface area (Å²) < 4.78 is 43.1. The number of hydrogen-bond acceptors (Lipinski definition) is 6. The second-order valence-corrected chi connectivity index (χ2v) is 7.43. The van der Waals surface area contributed by atoms with E-state index in [0.717, 1.165) is 25.4 Å². The Morgan fingerprint density at radius 1 is 1.08 bits per heavy atom. The number of hydrogen-bond donors (Lipinski definition) is 0. The fourth-order valence-corrected chi connectivity index (χ4v) is 2.70. The van der Waals surface area contributed by atoms with Gasteiger partial charge in [-0.25, -0.2) is 4.98 Å². The van der Waals surface area contributed by atoms with Crippen molar-refractivity contribution < 1.29 is 17.7 Å².